The zero-order valence-electron chi connectivity index (χ0n) is 20.3. The van der Waals surface area contributed by atoms with Crippen molar-refractivity contribution in [3.8, 4) is 17.1 Å². The zero-order chi connectivity index (χ0) is 24.8. The van der Waals surface area contributed by atoms with Gasteiger partial charge in [0.25, 0.3) is 6.47 Å². The van der Waals surface area contributed by atoms with Crippen LogP contribution in [0.5, 0.6) is 5.75 Å². The second kappa shape index (κ2) is 15.0. The van der Waals surface area contributed by atoms with E-state index in [4.69, 9.17) is 18.8 Å². The maximum atomic E-state index is 12.2. The van der Waals surface area contributed by atoms with Crippen LogP contribution in [-0.2, 0) is 25.6 Å². The Hall–Kier alpha value is -3.07. The van der Waals surface area contributed by atoms with E-state index >= 15 is 0 Å². The number of carbonyl (C=O) groups excluding carboxylic acids is 2. The minimum atomic E-state index is -0.320. The van der Waals surface area contributed by atoms with E-state index in [1.165, 1.54) is 26.4 Å². The Labute approximate surface area is 201 Å². The summed E-state index contributed by atoms with van der Waals surface area (Å²) in [7, 11) is 3.10. The number of phenols is 1. The van der Waals surface area contributed by atoms with Gasteiger partial charge < -0.3 is 28.7 Å². The summed E-state index contributed by atoms with van der Waals surface area (Å²) in [5.74, 6) is 0.741. The van der Waals surface area contributed by atoms with Gasteiger partial charge in [-0.25, -0.2) is 4.79 Å². The molecular formula is C25H36N2O7. The first-order chi connectivity index (χ1) is 16.5. The van der Waals surface area contributed by atoms with Crippen LogP contribution in [-0.4, -0.2) is 61.1 Å². The summed E-state index contributed by atoms with van der Waals surface area (Å²) in [6.07, 6.45) is 8.02. The molecule has 0 unspecified atom stereocenters. The lowest BCUT2D eigenvalue weighted by molar-refractivity contribution is -0.126. The molecule has 1 aromatic heterocycles. The standard InChI is InChI=1S/C18H22N2O4.C5H10O.C2H4O2/c1-12-16(11-23-18(22)20(2)14-5-3-4-6-14)17(24-19-12)13-7-9-15(21)10-8-13;1-2-4-6-5-3-1;1-4-2-3/h7-10,14,21H,3-6,11H2,1-2H3;1-5H2;2H,1H3. The molecule has 0 bridgehead atoms. The van der Waals surface area contributed by atoms with Gasteiger partial charge in [0, 0.05) is 31.9 Å². The number of hydrogen-bond donors (Lipinski definition) is 1. The number of aryl methyl sites for hydroxylation is 1. The number of aromatic hydroxyl groups is 1. The molecule has 0 spiro atoms. The molecule has 9 nitrogen and oxygen atoms in total. The van der Waals surface area contributed by atoms with Gasteiger partial charge in [-0.2, -0.15) is 0 Å². The molecule has 0 radical (unpaired) electrons. The third kappa shape index (κ3) is 8.70. The SMILES string of the molecule is C1CCOCC1.COC=O.Cc1noc(-c2ccc(O)cc2)c1COC(=O)N(C)C1CCCC1. The van der Waals surface area contributed by atoms with Crippen molar-refractivity contribution in [3.05, 3.63) is 35.5 Å². The summed E-state index contributed by atoms with van der Waals surface area (Å²) < 4.78 is 19.8. The average molecular weight is 477 g/mol. The number of ether oxygens (including phenoxy) is 3. The predicted octanol–water partition coefficient (Wildman–Crippen LogP) is 4.84. The van der Waals surface area contributed by atoms with Crippen LogP contribution >= 0.6 is 0 Å². The maximum Gasteiger partial charge on any atom is 0.410 e. The van der Waals surface area contributed by atoms with Gasteiger partial charge in [0.1, 0.15) is 12.4 Å². The van der Waals surface area contributed by atoms with Gasteiger partial charge in [0.15, 0.2) is 5.76 Å². The van der Waals surface area contributed by atoms with Crippen LogP contribution in [0.2, 0.25) is 0 Å². The van der Waals surface area contributed by atoms with Gasteiger partial charge in [-0.1, -0.05) is 18.0 Å². The Kier molecular flexibility index (Phi) is 12.0. The maximum absolute atomic E-state index is 12.2. The number of methoxy groups -OCH3 is 1. The van der Waals surface area contributed by atoms with Crippen molar-refractivity contribution >= 4 is 12.6 Å². The van der Waals surface area contributed by atoms with E-state index in [0.29, 0.717) is 17.9 Å². The number of amides is 1. The number of nitrogens with zero attached hydrogens (tertiary/aromatic N) is 2. The van der Waals surface area contributed by atoms with Gasteiger partial charge in [-0.05, 0) is 63.3 Å². The van der Waals surface area contributed by atoms with Gasteiger partial charge in [-0.15, -0.1) is 0 Å². The fourth-order valence-electron chi connectivity index (χ4n) is 3.76. The van der Waals surface area contributed by atoms with E-state index < -0.39 is 0 Å². The number of rotatable bonds is 5. The molecule has 34 heavy (non-hydrogen) atoms. The minimum absolute atomic E-state index is 0.113. The summed E-state index contributed by atoms with van der Waals surface area (Å²) in [6, 6.07) is 6.92. The molecule has 0 atom stereocenters. The molecular weight excluding hydrogens is 440 g/mol. The number of aromatic nitrogens is 1. The lowest BCUT2D eigenvalue weighted by Gasteiger charge is -2.23. The molecule has 1 amide bonds. The van der Waals surface area contributed by atoms with Crippen LogP contribution in [0.1, 0.15) is 56.2 Å². The third-order valence-electron chi connectivity index (χ3n) is 5.79. The van der Waals surface area contributed by atoms with Crippen LogP contribution in [0.15, 0.2) is 28.8 Å². The molecule has 2 aromatic rings. The molecule has 1 aromatic carbocycles. The van der Waals surface area contributed by atoms with Crippen molar-refractivity contribution in [1.29, 1.82) is 0 Å². The second-order valence-corrected chi connectivity index (χ2v) is 8.23. The van der Waals surface area contributed by atoms with Crippen molar-refractivity contribution in [2.45, 2.75) is 64.5 Å². The summed E-state index contributed by atoms with van der Waals surface area (Å²) in [5, 5.41) is 13.4. The minimum Gasteiger partial charge on any atom is -0.508 e. The Morgan fingerprint density at radius 2 is 1.76 bits per heavy atom. The molecule has 1 saturated carbocycles. The predicted molar refractivity (Wildman–Crippen MR) is 126 cm³/mol. The molecule has 1 aliphatic carbocycles. The highest BCUT2D eigenvalue weighted by molar-refractivity contribution is 5.68. The van der Waals surface area contributed by atoms with Crippen LogP contribution < -0.4 is 0 Å². The van der Waals surface area contributed by atoms with Crippen molar-refractivity contribution in [2.24, 2.45) is 0 Å². The molecule has 188 valence electrons. The molecule has 1 N–H and O–H groups in total. The zero-order valence-corrected chi connectivity index (χ0v) is 20.3. The van der Waals surface area contributed by atoms with E-state index in [1.54, 1.807) is 36.2 Å². The summed E-state index contributed by atoms with van der Waals surface area (Å²) in [5.41, 5.74) is 2.21. The molecule has 1 aliphatic heterocycles. The number of phenolic OH excluding ortho intramolecular Hbond substituents is 1. The average Bonchev–Trinajstić information content (AvgIpc) is 3.54. The summed E-state index contributed by atoms with van der Waals surface area (Å²) in [6.45, 7) is 4.30. The van der Waals surface area contributed by atoms with Crippen molar-refractivity contribution in [3.63, 3.8) is 0 Å². The molecule has 1 saturated heterocycles. The molecule has 9 heteroatoms. The first-order valence-corrected chi connectivity index (χ1v) is 11.7. The fraction of sp³-hybridized carbons (Fsp3) is 0.560. The summed E-state index contributed by atoms with van der Waals surface area (Å²) >= 11 is 0. The molecule has 2 fully saturated rings. The van der Waals surface area contributed by atoms with Gasteiger partial charge in [0.05, 0.1) is 18.4 Å². The first kappa shape index (κ1) is 27.2. The van der Waals surface area contributed by atoms with Crippen LogP contribution in [0, 0.1) is 6.92 Å². The normalized spacial score (nSPS) is 15.3. The van der Waals surface area contributed by atoms with E-state index in [9.17, 15) is 9.90 Å². The topological polar surface area (TPSA) is 111 Å². The van der Waals surface area contributed by atoms with Crippen molar-refractivity contribution in [2.75, 3.05) is 27.4 Å². The number of benzene rings is 1. The van der Waals surface area contributed by atoms with Crippen LogP contribution in [0.25, 0.3) is 11.3 Å². The van der Waals surface area contributed by atoms with E-state index in [2.05, 4.69) is 9.89 Å². The molecule has 4 rings (SSSR count). The molecule has 2 aliphatic rings. The van der Waals surface area contributed by atoms with Crippen LogP contribution in [0.3, 0.4) is 0 Å². The highest BCUT2D eigenvalue weighted by Gasteiger charge is 2.25. The quantitative estimate of drug-likeness (QED) is 0.610. The van der Waals surface area contributed by atoms with E-state index in [0.717, 1.165) is 50.0 Å². The summed E-state index contributed by atoms with van der Waals surface area (Å²) in [4.78, 5) is 22.9. The van der Waals surface area contributed by atoms with E-state index in [1.807, 2.05) is 6.92 Å². The van der Waals surface area contributed by atoms with Gasteiger partial charge in [-0.3, -0.25) is 4.79 Å². The van der Waals surface area contributed by atoms with E-state index in [-0.39, 0.29) is 24.5 Å². The largest absolute Gasteiger partial charge is 0.508 e. The Morgan fingerprint density at radius 1 is 1.15 bits per heavy atom. The highest BCUT2D eigenvalue weighted by Crippen LogP contribution is 2.29. The monoisotopic (exact) mass is 476 g/mol. The molecule has 2 heterocycles. The smallest absolute Gasteiger partial charge is 0.410 e. The number of hydrogen-bond acceptors (Lipinski definition) is 8. The second-order valence-electron chi connectivity index (χ2n) is 8.23. The third-order valence-corrected chi connectivity index (χ3v) is 5.79. The van der Waals surface area contributed by atoms with Crippen LogP contribution in [0.4, 0.5) is 4.79 Å². The van der Waals surface area contributed by atoms with Crippen molar-refractivity contribution in [1.82, 2.24) is 10.1 Å². The Balaban J connectivity index is 0.000000340. The Morgan fingerprint density at radius 3 is 2.26 bits per heavy atom. The van der Waals surface area contributed by atoms with Gasteiger partial charge >= 0.3 is 6.09 Å². The van der Waals surface area contributed by atoms with Crippen molar-refractivity contribution < 1.29 is 33.4 Å². The first-order valence-electron chi connectivity index (χ1n) is 11.7. The lowest BCUT2D eigenvalue weighted by Crippen LogP contribution is -2.35. The number of carbonyl (C=O) groups is 2. The fourth-order valence-corrected chi connectivity index (χ4v) is 3.76. The highest BCUT2D eigenvalue weighted by atomic mass is 16.6. The lowest BCUT2D eigenvalue weighted by atomic mass is 10.1. The van der Waals surface area contributed by atoms with Gasteiger partial charge in [0.2, 0.25) is 0 Å². The Bertz CT molecular complexity index is 845.